The minimum absolute atomic E-state index is 0.0314. The highest BCUT2D eigenvalue weighted by atomic mass is 79.9. The number of hydrogen-bond acceptors (Lipinski definition) is 3. The lowest BCUT2D eigenvalue weighted by molar-refractivity contribution is 0.0990. The third-order valence-electron chi connectivity index (χ3n) is 3.24. The highest BCUT2D eigenvalue weighted by molar-refractivity contribution is 9.10. The fraction of sp³-hybridized carbons (Fsp3) is 0.235. The summed E-state index contributed by atoms with van der Waals surface area (Å²) in [6.45, 7) is 1.97. The van der Waals surface area contributed by atoms with Gasteiger partial charge in [0, 0.05) is 6.42 Å². The SMILES string of the molecule is COc1ccc(CC(=O)c2ccc(C)cc2OC)cc1Br. The molecule has 21 heavy (non-hydrogen) atoms. The van der Waals surface area contributed by atoms with Gasteiger partial charge in [0.1, 0.15) is 11.5 Å². The van der Waals surface area contributed by atoms with E-state index in [1.165, 1.54) is 0 Å². The summed E-state index contributed by atoms with van der Waals surface area (Å²) in [6, 6.07) is 11.2. The number of hydrogen-bond donors (Lipinski definition) is 0. The van der Waals surface area contributed by atoms with Crippen molar-refractivity contribution < 1.29 is 14.3 Å². The summed E-state index contributed by atoms with van der Waals surface area (Å²) in [7, 11) is 3.19. The molecule has 4 heteroatoms. The molecule has 0 radical (unpaired) electrons. The van der Waals surface area contributed by atoms with Gasteiger partial charge in [-0.25, -0.2) is 0 Å². The van der Waals surface area contributed by atoms with Crippen LogP contribution in [-0.2, 0) is 6.42 Å². The van der Waals surface area contributed by atoms with E-state index in [4.69, 9.17) is 9.47 Å². The van der Waals surface area contributed by atoms with Gasteiger partial charge in [-0.15, -0.1) is 0 Å². The molecule has 110 valence electrons. The van der Waals surface area contributed by atoms with Crippen LogP contribution in [0.15, 0.2) is 40.9 Å². The van der Waals surface area contributed by atoms with Crippen molar-refractivity contribution in [1.29, 1.82) is 0 Å². The first-order valence-corrected chi connectivity index (χ1v) is 7.34. The molecule has 0 aliphatic rings. The first kappa shape index (κ1) is 15.6. The van der Waals surface area contributed by atoms with Crippen molar-refractivity contribution in [3.63, 3.8) is 0 Å². The van der Waals surface area contributed by atoms with Crippen LogP contribution in [0, 0.1) is 6.92 Å². The van der Waals surface area contributed by atoms with Gasteiger partial charge >= 0.3 is 0 Å². The van der Waals surface area contributed by atoms with Gasteiger partial charge in [0.25, 0.3) is 0 Å². The van der Waals surface area contributed by atoms with Crippen LogP contribution < -0.4 is 9.47 Å². The van der Waals surface area contributed by atoms with Gasteiger partial charge in [0.05, 0.1) is 24.3 Å². The van der Waals surface area contributed by atoms with Crippen molar-refractivity contribution in [2.24, 2.45) is 0 Å². The van der Waals surface area contributed by atoms with Crippen LogP contribution >= 0.6 is 15.9 Å². The number of halogens is 1. The van der Waals surface area contributed by atoms with Crippen LogP contribution in [0.2, 0.25) is 0 Å². The van der Waals surface area contributed by atoms with Crippen LogP contribution in [0.3, 0.4) is 0 Å². The molecule has 0 atom stereocenters. The first-order valence-electron chi connectivity index (χ1n) is 6.55. The Hall–Kier alpha value is -1.81. The molecule has 2 rings (SSSR count). The quantitative estimate of drug-likeness (QED) is 0.759. The van der Waals surface area contributed by atoms with E-state index in [2.05, 4.69) is 15.9 Å². The van der Waals surface area contributed by atoms with Crippen molar-refractivity contribution in [2.75, 3.05) is 14.2 Å². The van der Waals surface area contributed by atoms with E-state index < -0.39 is 0 Å². The van der Waals surface area contributed by atoms with E-state index in [1.807, 2.05) is 43.3 Å². The molecule has 0 spiro atoms. The van der Waals surface area contributed by atoms with Gasteiger partial charge in [-0.05, 0) is 58.2 Å². The van der Waals surface area contributed by atoms with Crippen molar-refractivity contribution in [1.82, 2.24) is 0 Å². The summed E-state index contributed by atoms with van der Waals surface area (Å²) in [4.78, 5) is 12.4. The van der Waals surface area contributed by atoms with Gasteiger partial charge in [0.2, 0.25) is 0 Å². The highest BCUT2D eigenvalue weighted by Gasteiger charge is 2.13. The number of methoxy groups -OCH3 is 2. The van der Waals surface area contributed by atoms with E-state index >= 15 is 0 Å². The van der Waals surface area contributed by atoms with Gasteiger partial charge < -0.3 is 9.47 Å². The zero-order chi connectivity index (χ0) is 15.4. The molecule has 0 unspecified atom stereocenters. The molecular weight excluding hydrogens is 332 g/mol. The van der Waals surface area contributed by atoms with Crippen LogP contribution in [0.1, 0.15) is 21.5 Å². The van der Waals surface area contributed by atoms with Crippen molar-refractivity contribution >= 4 is 21.7 Å². The number of Topliss-reactive ketones (excluding diaryl/α,β-unsaturated/α-hetero) is 1. The smallest absolute Gasteiger partial charge is 0.170 e. The van der Waals surface area contributed by atoms with Gasteiger partial charge in [-0.2, -0.15) is 0 Å². The Bertz CT molecular complexity index is 665. The lowest BCUT2D eigenvalue weighted by Crippen LogP contribution is -2.06. The zero-order valence-corrected chi connectivity index (χ0v) is 13.9. The van der Waals surface area contributed by atoms with Crippen molar-refractivity contribution in [3.05, 3.63) is 57.6 Å². The summed E-state index contributed by atoms with van der Waals surface area (Å²) >= 11 is 3.43. The van der Waals surface area contributed by atoms with Gasteiger partial charge in [0.15, 0.2) is 5.78 Å². The number of aryl methyl sites for hydroxylation is 1. The molecule has 2 aromatic rings. The number of carbonyl (C=O) groups excluding carboxylic acids is 1. The average molecular weight is 349 g/mol. The molecule has 0 aliphatic carbocycles. The van der Waals surface area contributed by atoms with E-state index in [1.54, 1.807) is 14.2 Å². The first-order chi connectivity index (χ1) is 10.0. The summed E-state index contributed by atoms with van der Waals surface area (Å²) in [5.74, 6) is 1.40. The number of benzene rings is 2. The highest BCUT2D eigenvalue weighted by Crippen LogP contribution is 2.27. The van der Waals surface area contributed by atoms with Crippen LogP contribution in [0.25, 0.3) is 0 Å². The maximum absolute atomic E-state index is 12.4. The van der Waals surface area contributed by atoms with E-state index in [9.17, 15) is 4.79 Å². The number of ketones is 1. The predicted octanol–water partition coefficient (Wildman–Crippen LogP) is 4.20. The van der Waals surface area contributed by atoms with E-state index in [-0.39, 0.29) is 5.78 Å². The third kappa shape index (κ3) is 3.64. The Morgan fingerprint density at radius 2 is 1.76 bits per heavy atom. The van der Waals surface area contributed by atoms with Crippen LogP contribution in [0.4, 0.5) is 0 Å². The van der Waals surface area contributed by atoms with Gasteiger partial charge in [-0.3, -0.25) is 4.79 Å². The fourth-order valence-corrected chi connectivity index (χ4v) is 2.72. The summed E-state index contributed by atoms with van der Waals surface area (Å²) < 4.78 is 11.3. The minimum Gasteiger partial charge on any atom is -0.496 e. The second-order valence-electron chi connectivity index (χ2n) is 4.77. The molecule has 0 saturated carbocycles. The molecule has 0 bridgehead atoms. The zero-order valence-electron chi connectivity index (χ0n) is 12.3. The number of ether oxygens (including phenoxy) is 2. The Kier molecular flexibility index (Phi) is 5.02. The predicted molar refractivity (Wildman–Crippen MR) is 86.5 cm³/mol. The molecular formula is C17H17BrO3. The largest absolute Gasteiger partial charge is 0.496 e. The summed E-state index contributed by atoms with van der Waals surface area (Å²) in [5, 5.41) is 0. The monoisotopic (exact) mass is 348 g/mol. The molecule has 0 aromatic heterocycles. The minimum atomic E-state index is 0.0314. The topological polar surface area (TPSA) is 35.5 Å². The lowest BCUT2D eigenvalue weighted by Gasteiger charge is -2.09. The maximum atomic E-state index is 12.4. The second-order valence-corrected chi connectivity index (χ2v) is 5.63. The van der Waals surface area contributed by atoms with E-state index in [0.717, 1.165) is 21.3 Å². The maximum Gasteiger partial charge on any atom is 0.170 e. The number of carbonyl (C=O) groups is 1. The summed E-state index contributed by atoms with van der Waals surface area (Å²) in [6.07, 6.45) is 0.321. The van der Waals surface area contributed by atoms with Crippen molar-refractivity contribution in [2.45, 2.75) is 13.3 Å². The molecule has 0 saturated heterocycles. The Morgan fingerprint density at radius 3 is 2.38 bits per heavy atom. The molecule has 0 N–H and O–H groups in total. The molecule has 0 fully saturated rings. The lowest BCUT2D eigenvalue weighted by atomic mass is 10.0. The summed E-state index contributed by atoms with van der Waals surface area (Å²) in [5.41, 5.74) is 2.60. The number of rotatable bonds is 5. The fourth-order valence-electron chi connectivity index (χ4n) is 2.13. The molecule has 0 heterocycles. The Morgan fingerprint density at radius 1 is 1.05 bits per heavy atom. The van der Waals surface area contributed by atoms with Crippen molar-refractivity contribution in [3.8, 4) is 11.5 Å². The van der Waals surface area contributed by atoms with E-state index in [0.29, 0.717) is 17.7 Å². The van der Waals surface area contributed by atoms with Crippen LogP contribution in [0.5, 0.6) is 11.5 Å². The third-order valence-corrected chi connectivity index (χ3v) is 3.86. The molecule has 3 nitrogen and oxygen atoms in total. The normalized spacial score (nSPS) is 10.3. The molecule has 0 amide bonds. The molecule has 0 aliphatic heterocycles. The molecule has 2 aromatic carbocycles. The Balaban J connectivity index is 2.24. The Labute approximate surface area is 133 Å². The standard InChI is InChI=1S/C17H17BrO3/c1-11-4-6-13(17(8-11)21-3)15(19)10-12-5-7-16(20-2)14(18)9-12/h4-9H,10H2,1-3H3. The van der Waals surface area contributed by atoms with Crippen LogP contribution in [-0.4, -0.2) is 20.0 Å². The average Bonchev–Trinajstić information content (AvgIpc) is 2.47. The second kappa shape index (κ2) is 6.76. The van der Waals surface area contributed by atoms with Gasteiger partial charge in [-0.1, -0.05) is 12.1 Å².